The molecule has 0 spiro atoms. The van der Waals surface area contributed by atoms with Crippen molar-refractivity contribution >= 4 is 28.9 Å². The molecule has 0 N–H and O–H groups in total. The van der Waals surface area contributed by atoms with Crippen LogP contribution in [0.15, 0.2) is 6.07 Å². The Kier molecular flexibility index (Phi) is 3.03. The van der Waals surface area contributed by atoms with Crippen molar-refractivity contribution in [2.45, 2.75) is 26.3 Å². The molecular weight excluding hydrogens is 233 g/mol. The van der Waals surface area contributed by atoms with Crippen molar-refractivity contribution in [1.82, 2.24) is 10.2 Å². The van der Waals surface area contributed by atoms with E-state index in [2.05, 4.69) is 28.9 Å². The van der Waals surface area contributed by atoms with Crippen molar-refractivity contribution in [3.05, 3.63) is 16.4 Å². The van der Waals surface area contributed by atoms with Gasteiger partial charge in [-0.1, -0.05) is 30.1 Å². The predicted molar refractivity (Wildman–Crippen MR) is 62.6 cm³/mol. The van der Waals surface area contributed by atoms with Gasteiger partial charge in [-0.25, -0.2) is 0 Å². The van der Waals surface area contributed by atoms with Crippen molar-refractivity contribution in [3.8, 4) is 0 Å². The summed E-state index contributed by atoms with van der Waals surface area (Å²) in [5.74, 6) is 0.683. The Morgan fingerprint density at radius 2 is 2.07 bits per heavy atom. The molecule has 2 rings (SSSR count). The number of hydrogen-bond donors (Lipinski definition) is 0. The fraction of sp³-hybridized carbons (Fsp3) is 0.600. The Hall–Kier alpha value is -0.540. The second-order valence-electron chi connectivity index (χ2n) is 4.19. The first-order valence-electron chi connectivity index (χ1n) is 5.03. The lowest BCUT2D eigenvalue weighted by Crippen LogP contribution is -2.27. The first-order chi connectivity index (χ1) is 7.08. The zero-order valence-electron chi connectivity index (χ0n) is 8.74. The van der Waals surface area contributed by atoms with E-state index in [4.69, 9.17) is 23.2 Å². The van der Waals surface area contributed by atoms with Gasteiger partial charge in [0.2, 0.25) is 0 Å². The summed E-state index contributed by atoms with van der Waals surface area (Å²) in [6, 6.07) is 2.27. The first-order valence-corrected chi connectivity index (χ1v) is 5.79. The molecule has 0 saturated carbocycles. The van der Waals surface area contributed by atoms with Crippen molar-refractivity contribution in [2.75, 3.05) is 11.4 Å². The van der Waals surface area contributed by atoms with Crippen LogP contribution in [0.3, 0.4) is 0 Å². The van der Waals surface area contributed by atoms with Crippen LogP contribution in [0.5, 0.6) is 0 Å². The van der Waals surface area contributed by atoms with E-state index in [1.807, 2.05) is 0 Å². The summed E-state index contributed by atoms with van der Waals surface area (Å²) in [6.45, 7) is 5.43. The van der Waals surface area contributed by atoms with Crippen LogP contribution < -0.4 is 4.90 Å². The smallest absolute Gasteiger partial charge is 0.175 e. The highest BCUT2D eigenvalue weighted by Crippen LogP contribution is 2.33. The summed E-state index contributed by atoms with van der Waals surface area (Å²) < 4.78 is 0. The number of halogens is 2. The van der Waals surface area contributed by atoms with Crippen LogP contribution in [0.25, 0.3) is 0 Å². The Morgan fingerprint density at radius 1 is 1.33 bits per heavy atom. The Bertz CT molecular complexity index is 370. The van der Waals surface area contributed by atoms with Crippen molar-refractivity contribution in [1.29, 1.82) is 0 Å². The van der Waals surface area contributed by atoms with Gasteiger partial charge in [-0.15, -0.1) is 10.2 Å². The van der Waals surface area contributed by atoms with Gasteiger partial charge in [-0.2, -0.15) is 0 Å². The minimum Gasteiger partial charge on any atom is -0.366 e. The van der Waals surface area contributed by atoms with E-state index in [1.165, 1.54) is 6.42 Å². The SMILES string of the molecule is CC1CC(C)N(c2cc(Cl)nnc2Cl)C1. The predicted octanol–water partition coefficient (Wildman–Crippen LogP) is 3.02. The lowest BCUT2D eigenvalue weighted by Gasteiger charge is -2.24. The molecule has 0 aliphatic carbocycles. The summed E-state index contributed by atoms with van der Waals surface area (Å²) in [7, 11) is 0. The van der Waals surface area contributed by atoms with E-state index in [9.17, 15) is 0 Å². The molecular formula is C10H13Cl2N3. The van der Waals surface area contributed by atoms with E-state index in [1.54, 1.807) is 6.07 Å². The third-order valence-corrected chi connectivity index (χ3v) is 3.25. The standard InChI is InChI=1S/C10H13Cl2N3/c1-6-3-7(2)15(5-6)8-4-9(11)13-14-10(8)12/h4,6-7H,3,5H2,1-2H3. The number of rotatable bonds is 1. The van der Waals surface area contributed by atoms with E-state index in [-0.39, 0.29) is 0 Å². The number of nitrogens with zero attached hydrogens (tertiary/aromatic N) is 3. The number of anilines is 1. The molecule has 5 heteroatoms. The molecule has 1 aromatic rings. The highest BCUT2D eigenvalue weighted by Gasteiger charge is 2.28. The zero-order chi connectivity index (χ0) is 11.0. The summed E-state index contributed by atoms with van der Waals surface area (Å²) in [5, 5.41) is 8.36. The van der Waals surface area contributed by atoms with Crippen molar-refractivity contribution < 1.29 is 0 Å². The molecule has 2 unspecified atom stereocenters. The number of aromatic nitrogens is 2. The minimum atomic E-state index is 0.390. The average molecular weight is 246 g/mol. The van der Waals surface area contributed by atoms with Crippen LogP contribution in [0.2, 0.25) is 10.3 Å². The van der Waals surface area contributed by atoms with Gasteiger partial charge in [0.25, 0.3) is 0 Å². The molecule has 2 atom stereocenters. The normalized spacial score (nSPS) is 26.0. The minimum absolute atomic E-state index is 0.390. The van der Waals surface area contributed by atoms with Gasteiger partial charge in [0.05, 0.1) is 5.69 Å². The van der Waals surface area contributed by atoms with Gasteiger partial charge in [-0.05, 0) is 19.3 Å². The Labute approximate surface area is 99.4 Å². The molecule has 1 fully saturated rings. The molecule has 1 aliphatic heterocycles. The van der Waals surface area contributed by atoms with Crippen LogP contribution in [0.1, 0.15) is 20.3 Å². The second kappa shape index (κ2) is 4.14. The third-order valence-electron chi connectivity index (χ3n) is 2.79. The van der Waals surface area contributed by atoms with E-state index in [0.29, 0.717) is 22.3 Å². The topological polar surface area (TPSA) is 29.0 Å². The molecule has 3 nitrogen and oxygen atoms in total. The lowest BCUT2D eigenvalue weighted by atomic mass is 10.1. The Morgan fingerprint density at radius 3 is 2.67 bits per heavy atom. The molecule has 2 heterocycles. The summed E-state index contributed by atoms with van der Waals surface area (Å²) >= 11 is 11.8. The first kappa shape index (κ1) is 11.0. The van der Waals surface area contributed by atoms with Gasteiger partial charge >= 0.3 is 0 Å². The van der Waals surface area contributed by atoms with E-state index in [0.717, 1.165) is 12.2 Å². The summed E-state index contributed by atoms with van der Waals surface area (Å²) in [5.41, 5.74) is 0.897. The van der Waals surface area contributed by atoms with Crippen molar-refractivity contribution in [3.63, 3.8) is 0 Å². The van der Waals surface area contributed by atoms with Crippen LogP contribution in [-0.2, 0) is 0 Å². The number of hydrogen-bond acceptors (Lipinski definition) is 3. The van der Waals surface area contributed by atoms with Gasteiger partial charge in [-0.3, -0.25) is 0 Å². The van der Waals surface area contributed by atoms with Gasteiger partial charge in [0.1, 0.15) is 0 Å². The largest absolute Gasteiger partial charge is 0.366 e. The van der Waals surface area contributed by atoms with Gasteiger partial charge in [0.15, 0.2) is 10.3 Å². The molecule has 0 amide bonds. The monoisotopic (exact) mass is 245 g/mol. The fourth-order valence-corrected chi connectivity index (χ4v) is 2.52. The zero-order valence-corrected chi connectivity index (χ0v) is 10.3. The maximum atomic E-state index is 6.02. The van der Waals surface area contributed by atoms with Crippen LogP contribution >= 0.6 is 23.2 Å². The molecule has 0 aromatic carbocycles. The quantitative estimate of drug-likeness (QED) is 0.762. The van der Waals surface area contributed by atoms with Gasteiger partial charge in [0, 0.05) is 18.7 Å². The van der Waals surface area contributed by atoms with Crippen molar-refractivity contribution in [2.24, 2.45) is 5.92 Å². The second-order valence-corrected chi connectivity index (χ2v) is 4.93. The van der Waals surface area contributed by atoms with E-state index >= 15 is 0 Å². The molecule has 1 saturated heterocycles. The molecule has 1 aromatic heterocycles. The Balaban J connectivity index is 2.32. The fourth-order valence-electron chi connectivity index (χ4n) is 2.18. The van der Waals surface area contributed by atoms with Gasteiger partial charge < -0.3 is 4.90 Å². The molecule has 0 bridgehead atoms. The van der Waals surface area contributed by atoms with Crippen LogP contribution in [-0.4, -0.2) is 22.8 Å². The highest BCUT2D eigenvalue weighted by atomic mass is 35.5. The highest BCUT2D eigenvalue weighted by molar-refractivity contribution is 6.33. The molecule has 1 aliphatic rings. The third kappa shape index (κ3) is 2.18. The van der Waals surface area contributed by atoms with Crippen LogP contribution in [0, 0.1) is 5.92 Å². The average Bonchev–Trinajstić information content (AvgIpc) is 2.50. The van der Waals surface area contributed by atoms with E-state index < -0.39 is 0 Å². The summed E-state index contributed by atoms with van der Waals surface area (Å²) in [4.78, 5) is 2.24. The maximum absolute atomic E-state index is 6.02. The summed E-state index contributed by atoms with van der Waals surface area (Å²) in [6.07, 6.45) is 1.18. The molecule has 15 heavy (non-hydrogen) atoms. The maximum Gasteiger partial charge on any atom is 0.175 e. The van der Waals surface area contributed by atoms with Crippen LogP contribution in [0.4, 0.5) is 5.69 Å². The molecule has 82 valence electrons. The molecule has 0 radical (unpaired) electrons. The lowest BCUT2D eigenvalue weighted by molar-refractivity contribution is 0.625.